The molecule has 0 bridgehead atoms. The third-order valence-corrected chi connectivity index (χ3v) is 5.63. The molecule has 3 heterocycles. The van der Waals surface area contributed by atoms with Gasteiger partial charge in [-0.05, 0) is 44.6 Å². The fourth-order valence-corrected chi connectivity index (χ4v) is 4.09. The van der Waals surface area contributed by atoms with Crippen molar-refractivity contribution in [1.29, 1.82) is 0 Å². The lowest BCUT2D eigenvalue weighted by atomic mass is 9.93. The van der Waals surface area contributed by atoms with Crippen LogP contribution in [0.5, 0.6) is 0 Å². The highest BCUT2D eigenvalue weighted by atomic mass is 16.2. The van der Waals surface area contributed by atoms with E-state index in [-0.39, 0.29) is 17.7 Å². The van der Waals surface area contributed by atoms with Crippen LogP contribution in [-0.4, -0.2) is 57.6 Å². The van der Waals surface area contributed by atoms with Gasteiger partial charge in [-0.15, -0.1) is 0 Å². The molecule has 2 aliphatic heterocycles. The summed E-state index contributed by atoms with van der Waals surface area (Å²) in [7, 11) is 0. The number of rotatable bonds is 2. The van der Waals surface area contributed by atoms with Gasteiger partial charge in [-0.2, -0.15) is 5.10 Å². The Morgan fingerprint density at radius 3 is 2.52 bits per heavy atom. The van der Waals surface area contributed by atoms with Crippen LogP contribution in [0.4, 0.5) is 0 Å². The normalized spacial score (nSPS) is 23.4. The van der Waals surface area contributed by atoms with Gasteiger partial charge in [0.2, 0.25) is 5.91 Å². The molecule has 0 aromatic carbocycles. The maximum absolute atomic E-state index is 12.7. The summed E-state index contributed by atoms with van der Waals surface area (Å²) in [5.74, 6) is 0.399. The third kappa shape index (κ3) is 3.34. The van der Waals surface area contributed by atoms with Crippen molar-refractivity contribution in [2.75, 3.05) is 26.2 Å². The number of allylic oxidation sites excluding steroid dienone is 2. The lowest BCUT2D eigenvalue weighted by Crippen LogP contribution is -2.52. The van der Waals surface area contributed by atoms with E-state index in [0.717, 1.165) is 38.6 Å². The number of hydrogen-bond acceptors (Lipinski definition) is 3. The van der Waals surface area contributed by atoms with Gasteiger partial charge in [0.25, 0.3) is 5.91 Å². The summed E-state index contributed by atoms with van der Waals surface area (Å²) in [5.41, 5.74) is 1.74. The van der Waals surface area contributed by atoms with E-state index in [0.29, 0.717) is 31.9 Å². The predicted molar refractivity (Wildman–Crippen MR) is 94.1 cm³/mol. The van der Waals surface area contributed by atoms with Crippen LogP contribution >= 0.6 is 0 Å². The van der Waals surface area contributed by atoms with Crippen LogP contribution in [0.2, 0.25) is 0 Å². The summed E-state index contributed by atoms with van der Waals surface area (Å²) in [5, 5.41) is 4.49. The van der Waals surface area contributed by atoms with Crippen molar-refractivity contribution in [2.45, 2.75) is 45.1 Å². The minimum absolute atomic E-state index is 0.00889. The number of nitrogens with zero attached hydrogens (tertiary/aromatic N) is 4. The number of fused-ring (bicyclic) bond motifs is 1. The van der Waals surface area contributed by atoms with E-state index in [9.17, 15) is 9.59 Å². The van der Waals surface area contributed by atoms with Gasteiger partial charge in [0.1, 0.15) is 0 Å². The largest absolute Gasteiger partial charge is 0.339 e. The van der Waals surface area contributed by atoms with E-state index in [1.165, 1.54) is 12.1 Å². The fraction of sp³-hybridized carbons (Fsp3) is 0.632. The van der Waals surface area contributed by atoms with Crippen LogP contribution in [0, 0.1) is 5.92 Å². The van der Waals surface area contributed by atoms with Gasteiger partial charge >= 0.3 is 0 Å². The average molecular weight is 342 g/mol. The van der Waals surface area contributed by atoms with Crippen LogP contribution in [-0.2, 0) is 17.8 Å². The Kier molecular flexibility index (Phi) is 4.59. The number of carbonyl (C=O) groups is 2. The summed E-state index contributed by atoms with van der Waals surface area (Å²) in [6.45, 7) is 3.40. The van der Waals surface area contributed by atoms with Crippen molar-refractivity contribution in [3.05, 3.63) is 29.6 Å². The number of carbonyl (C=O) groups excluding carboxylic acids is 2. The topological polar surface area (TPSA) is 58.4 Å². The molecule has 1 aromatic heterocycles. The monoisotopic (exact) mass is 342 g/mol. The molecule has 0 saturated carbocycles. The van der Waals surface area contributed by atoms with E-state index in [1.807, 2.05) is 20.5 Å². The van der Waals surface area contributed by atoms with Crippen molar-refractivity contribution in [3.63, 3.8) is 0 Å². The van der Waals surface area contributed by atoms with Gasteiger partial charge < -0.3 is 9.80 Å². The van der Waals surface area contributed by atoms with Crippen molar-refractivity contribution in [2.24, 2.45) is 5.92 Å². The van der Waals surface area contributed by atoms with Crippen LogP contribution in [0.15, 0.2) is 18.2 Å². The Balaban J connectivity index is 1.35. The molecule has 1 atom stereocenters. The Hall–Kier alpha value is -2.11. The number of piperazine rings is 1. The van der Waals surface area contributed by atoms with Gasteiger partial charge in [0.05, 0.1) is 0 Å². The molecule has 2 amide bonds. The van der Waals surface area contributed by atoms with E-state index in [1.54, 1.807) is 0 Å². The SMILES string of the molecule is O=C(c1cc2n(n1)CCCC2)N1CCN(C(=O)[C@@H]2CC=CCC2)CC1. The van der Waals surface area contributed by atoms with Gasteiger partial charge in [0, 0.05) is 44.3 Å². The first-order chi connectivity index (χ1) is 12.2. The lowest BCUT2D eigenvalue weighted by molar-refractivity contribution is -0.137. The van der Waals surface area contributed by atoms with Gasteiger partial charge in [-0.1, -0.05) is 12.2 Å². The molecule has 25 heavy (non-hydrogen) atoms. The maximum atomic E-state index is 12.7. The molecule has 4 rings (SSSR count). The molecule has 1 fully saturated rings. The second kappa shape index (κ2) is 7.02. The molecule has 6 heteroatoms. The molecule has 0 spiro atoms. The van der Waals surface area contributed by atoms with Crippen LogP contribution < -0.4 is 0 Å². The molecule has 1 saturated heterocycles. The molecule has 0 N–H and O–H groups in total. The fourth-order valence-electron chi connectivity index (χ4n) is 4.09. The van der Waals surface area contributed by atoms with Gasteiger partial charge in [-0.25, -0.2) is 0 Å². The van der Waals surface area contributed by atoms with Crippen molar-refractivity contribution < 1.29 is 9.59 Å². The van der Waals surface area contributed by atoms with E-state index >= 15 is 0 Å². The zero-order valence-corrected chi connectivity index (χ0v) is 14.7. The van der Waals surface area contributed by atoms with Crippen LogP contribution in [0.25, 0.3) is 0 Å². The Morgan fingerprint density at radius 1 is 1.00 bits per heavy atom. The summed E-state index contributed by atoms with van der Waals surface area (Å²) >= 11 is 0. The molecule has 1 aromatic rings. The Morgan fingerprint density at radius 2 is 1.80 bits per heavy atom. The highest BCUT2D eigenvalue weighted by Gasteiger charge is 2.30. The third-order valence-electron chi connectivity index (χ3n) is 5.63. The first-order valence-corrected chi connectivity index (χ1v) is 9.52. The minimum atomic E-state index is 0.00889. The van der Waals surface area contributed by atoms with Crippen molar-refractivity contribution in [1.82, 2.24) is 19.6 Å². The molecule has 1 aliphatic carbocycles. The van der Waals surface area contributed by atoms with E-state index in [4.69, 9.17) is 0 Å². The molecule has 0 radical (unpaired) electrons. The Bertz CT molecular complexity index is 662. The summed E-state index contributed by atoms with van der Waals surface area (Å²) in [6.07, 6.45) is 10.4. The zero-order chi connectivity index (χ0) is 17.2. The number of aryl methyl sites for hydroxylation is 2. The first-order valence-electron chi connectivity index (χ1n) is 9.52. The molecular formula is C19H26N4O2. The molecule has 3 aliphatic rings. The van der Waals surface area contributed by atoms with E-state index < -0.39 is 0 Å². The predicted octanol–water partition coefficient (Wildman–Crippen LogP) is 1.86. The average Bonchev–Trinajstić information content (AvgIpc) is 3.12. The second-order valence-corrected chi connectivity index (χ2v) is 7.30. The maximum Gasteiger partial charge on any atom is 0.274 e. The second-order valence-electron chi connectivity index (χ2n) is 7.30. The van der Waals surface area contributed by atoms with Crippen molar-refractivity contribution >= 4 is 11.8 Å². The molecule has 0 unspecified atom stereocenters. The first kappa shape index (κ1) is 16.4. The smallest absolute Gasteiger partial charge is 0.274 e. The molecule has 134 valence electrons. The van der Waals surface area contributed by atoms with Crippen LogP contribution in [0.3, 0.4) is 0 Å². The van der Waals surface area contributed by atoms with Gasteiger partial charge in [0.15, 0.2) is 5.69 Å². The summed E-state index contributed by atoms with van der Waals surface area (Å²) in [4.78, 5) is 29.1. The highest BCUT2D eigenvalue weighted by Crippen LogP contribution is 2.22. The van der Waals surface area contributed by atoms with Crippen LogP contribution in [0.1, 0.15) is 48.3 Å². The zero-order valence-electron chi connectivity index (χ0n) is 14.7. The van der Waals surface area contributed by atoms with E-state index in [2.05, 4.69) is 17.3 Å². The quantitative estimate of drug-likeness (QED) is 0.771. The number of amides is 2. The lowest BCUT2D eigenvalue weighted by Gasteiger charge is -2.36. The van der Waals surface area contributed by atoms with Gasteiger partial charge in [-0.3, -0.25) is 14.3 Å². The molecular weight excluding hydrogens is 316 g/mol. The summed E-state index contributed by atoms with van der Waals surface area (Å²) in [6, 6.07) is 1.95. The Labute approximate surface area is 148 Å². The molecule has 6 nitrogen and oxygen atoms in total. The number of aromatic nitrogens is 2. The summed E-state index contributed by atoms with van der Waals surface area (Å²) < 4.78 is 1.98. The van der Waals surface area contributed by atoms with Crippen molar-refractivity contribution in [3.8, 4) is 0 Å². The highest BCUT2D eigenvalue weighted by molar-refractivity contribution is 5.92. The number of hydrogen-bond donors (Lipinski definition) is 0. The minimum Gasteiger partial charge on any atom is -0.339 e. The standard InChI is InChI=1S/C19H26N4O2/c24-18(15-6-2-1-3-7-15)21-10-12-22(13-11-21)19(25)17-14-16-8-4-5-9-23(16)20-17/h1-2,14-15H,3-13H2/t15-/m1/s1.